The highest BCUT2D eigenvalue weighted by atomic mass is 32.2. The molecular weight excluding hydrogens is 478 g/mol. The number of esters is 1. The van der Waals surface area contributed by atoms with Crippen molar-refractivity contribution in [2.45, 2.75) is 28.6 Å². The zero-order valence-corrected chi connectivity index (χ0v) is 20.8. The number of allylic oxidation sites excluding steroid dienone is 1. The molecule has 7 nitrogen and oxygen atoms in total. The lowest BCUT2D eigenvalue weighted by molar-refractivity contribution is -0.140. The van der Waals surface area contributed by atoms with E-state index in [2.05, 4.69) is 24.8 Å². The fourth-order valence-electron chi connectivity index (χ4n) is 4.80. The van der Waals surface area contributed by atoms with Crippen molar-refractivity contribution in [2.75, 3.05) is 39.6 Å². The van der Waals surface area contributed by atoms with Crippen molar-refractivity contribution in [3.8, 4) is 0 Å². The van der Waals surface area contributed by atoms with Crippen molar-refractivity contribution in [3.63, 3.8) is 0 Å². The second-order valence-corrected chi connectivity index (χ2v) is 9.94. The number of fused-ring (bicyclic) bond motifs is 2. The Hall–Kier alpha value is -3.20. The summed E-state index contributed by atoms with van der Waals surface area (Å²) in [6.07, 6.45) is 4.05. The summed E-state index contributed by atoms with van der Waals surface area (Å²) in [6, 6.07) is 12.2. The Bertz CT molecular complexity index is 1270. The van der Waals surface area contributed by atoms with Crippen LogP contribution in [0.4, 0.5) is 0 Å². The second-order valence-electron chi connectivity index (χ2n) is 8.85. The summed E-state index contributed by atoms with van der Waals surface area (Å²) in [5, 5.41) is 0. The van der Waals surface area contributed by atoms with Crippen LogP contribution in [0, 0.1) is 0 Å². The van der Waals surface area contributed by atoms with Gasteiger partial charge in [-0.15, -0.1) is 0 Å². The Morgan fingerprint density at radius 2 is 1.64 bits per heavy atom. The summed E-state index contributed by atoms with van der Waals surface area (Å²) < 4.78 is 15.9. The maximum absolute atomic E-state index is 13.3. The second kappa shape index (κ2) is 10.4. The molecular formula is C28H27NO6S. The van der Waals surface area contributed by atoms with Crippen molar-refractivity contribution < 1.29 is 28.6 Å². The van der Waals surface area contributed by atoms with E-state index in [0.717, 1.165) is 16.0 Å². The summed E-state index contributed by atoms with van der Waals surface area (Å²) in [4.78, 5) is 41.6. The summed E-state index contributed by atoms with van der Waals surface area (Å²) in [7, 11) is 0. The lowest BCUT2D eigenvalue weighted by atomic mass is 9.74. The number of hydrogen-bond donors (Lipinski definition) is 0. The molecule has 0 saturated heterocycles. The van der Waals surface area contributed by atoms with Gasteiger partial charge in [0.15, 0.2) is 0 Å². The molecule has 3 aliphatic rings. The van der Waals surface area contributed by atoms with E-state index < -0.39 is 11.9 Å². The lowest BCUT2D eigenvalue weighted by Gasteiger charge is -2.39. The van der Waals surface area contributed by atoms with Crippen LogP contribution in [0.2, 0.25) is 0 Å². The fraction of sp³-hybridized carbons (Fsp3) is 0.321. The molecule has 2 unspecified atom stereocenters. The van der Waals surface area contributed by atoms with Gasteiger partial charge in [-0.3, -0.25) is 14.5 Å². The van der Waals surface area contributed by atoms with Crippen LogP contribution >= 0.6 is 11.8 Å². The molecule has 2 amide bonds. The summed E-state index contributed by atoms with van der Waals surface area (Å²) in [5.41, 5.74) is 4.10. The molecule has 1 aliphatic carbocycles. The number of hydrogen-bond acceptors (Lipinski definition) is 7. The summed E-state index contributed by atoms with van der Waals surface area (Å²) in [5.74, 6) is -1.33. The monoisotopic (exact) mass is 505 g/mol. The molecule has 2 aromatic carbocycles. The van der Waals surface area contributed by atoms with Crippen molar-refractivity contribution in [1.29, 1.82) is 0 Å². The van der Waals surface area contributed by atoms with Crippen molar-refractivity contribution in [2.24, 2.45) is 0 Å². The Labute approximate surface area is 214 Å². The predicted octanol–water partition coefficient (Wildman–Crippen LogP) is 4.07. The van der Waals surface area contributed by atoms with Crippen LogP contribution in [0.5, 0.6) is 0 Å². The molecule has 2 heterocycles. The largest absolute Gasteiger partial charge is 0.460 e. The van der Waals surface area contributed by atoms with Crippen LogP contribution in [0.25, 0.3) is 0 Å². The average Bonchev–Trinajstić information content (AvgIpc) is 2.88. The van der Waals surface area contributed by atoms with Crippen LogP contribution in [0.15, 0.2) is 70.5 Å². The molecule has 0 radical (unpaired) electrons. The molecule has 0 spiro atoms. The smallest absolute Gasteiger partial charge is 0.333 e. The first-order chi connectivity index (χ1) is 17.5. The molecule has 0 N–H and O–H groups in total. The van der Waals surface area contributed by atoms with Crippen LogP contribution in [0.3, 0.4) is 0 Å². The maximum atomic E-state index is 13.3. The van der Waals surface area contributed by atoms with E-state index in [1.54, 1.807) is 18.7 Å². The lowest BCUT2D eigenvalue weighted by Crippen LogP contribution is -2.47. The summed E-state index contributed by atoms with van der Waals surface area (Å²) >= 11 is 1.70. The van der Waals surface area contributed by atoms with Gasteiger partial charge < -0.3 is 14.2 Å². The first-order valence-corrected chi connectivity index (χ1v) is 12.7. The van der Waals surface area contributed by atoms with Crippen molar-refractivity contribution >= 4 is 29.5 Å². The van der Waals surface area contributed by atoms with E-state index >= 15 is 0 Å². The molecule has 2 aromatic rings. The maximum Gasteiger partial charge on any atom is 0.333 e. The van der Waals surface area contributed by atoms with Crippen molar-refractivity contribution in [3.05, 3.63) is 83.0 Å². The minimum atomic E-state index is -0.458. The van der Waals surface area contributed by atoms with Crippen molar-refractivity contribution in [1.82, 2.24) is 4.90 Å². The molecule has 36 heavy (non-hydrogen) atoms. The Kier molecular flexibility index (Phi) is 7.09. The van der Waals surface area contributed by atoms with E-state index in [1.807, 2.05) is 30.3 Å². The van der Waals surface area contributed by atoms with Gasteiger partial charge in [0.1, 0.15) is 6.61 Å². The molecule has 0 saturated carbocycles. The minimum absolute atomic E-state index is 0.0587. The zero-order chi connectivity index (χ0) is 25.2. The van der Waals surface area contributed by atoms with Crippen LogP contribution in [0.1, 0.15) is 45.8 Å². The SMILES string of the molecule is C=C(C)C(=O)OCCOCCOCCN1C(=O)c2ccc3c4c2C(C=CC4c2ccccc2S3)C1=O. The Morgan fingerprint density at radius 1 is 0.917 bits per heavy atom. The number of amides is 2. The van der Waals surface area contributed by atoms with E-state index in [4.69, 9.17) is 14.2 Å². The van der Waals surface area contributed by atoms with Gasteiger partial charge in [0, 0.05) is 26.8 Å². The first-order valence-electron chi connectivity index (χ1n) is 11.9. The third kappa shape index (κ3) is 4.52. The molecule has 8 heteroatoms. The van der Waals surface area contributed by atoms with Gasteiger partial charge in [-0.2, -0.15) is 0 Å². The number of rotatable bonds is 10. The molecule has 2 atom stereocenters. The van der Waals surface area contributed by atoms with E-state index in [1.165, 1.54) is 15.4 Å². The molecule has 5 rings (SSSR count). The van der Waals surface area contributed by atoms with Gasteiger partial charge in [0.05, 0.1) is 38.9 Å². The number of nitrogens with zero attached hydrogens (tertiary/aromatic N) is 1. The minimum Gasteiger partial charge on any atom is -0.460 e. The standard InChI is InChI=1S/C28H27NO6S/c1-17(2)28(32)35-16-15-34-14-13-33-12-11-29-26(30)20-8-7-19-18-5-3-4-6-22(18)36-23-10-9-21(27(29)31)24(20)25(19)23/h3-10,19-20H,1,11-16H2,2H3. The highest BCUT2D eigenvalue weighted by Gasteiger charge is 2.43. The van der Waals surface area contributed by atoms with Crippen LogP contribution < -0.4 is 0 Å². The van der Waals surface area contributed by atoms with Crippen LogP contribution in [-0.4, -0.2) is 62.3 Å². The number of benzene rings is 2. The van der Waals surface area contributed by atoms with E-state index in [-0.39, 0.29) is 44.1 Å². The number of carbonyl (C=O) groups excluding carboxylic acids is 3. The third-order valence-electron chi connectivity index (χ3n) is 6.49. The number of ether oxygens (including phenoxy) is 3. The molecule has 0 fully saturated rings. The van der Waals surface area contributed by atoms with E-state index in [0.29, 0.717) is 24.4 Å². The van der Waals surface area contributed by atoms with Gasteiger partial charge in [-0.1, -0.05) is 48.7 Å². The topological polar surface area (TPSA) is 82.1 Å². The normalized spacial score (nSPS) is 19.1. The van der Waals surface area contributed by atoms with E-state index in [9.17, 15) is 14.4 Å². The zero-order valence-electron chi connectivity index (χ0n) is 20.0. The Morgan fingerprint density at radius 3 is 2.44 bits per heavy atom. The Balaban J connectivity index is 1.18. The molecule has 2 aliphatic heterocycles. The van der Waals surface area contributed by atoms with Gasteiger partial charge >= 0.3 is 5.97 Å². The van der Waals surface area contributed by atoms with Gasteiger partial charge in [-0.05, 0) is 41.8 Å². The first kappa shape index (κ1) is 24.5. The average molecular weight is 506 g/mol. The fourth-order valence-corrected chi connectivity index (χ4v) is 5.98. The quantitative estimate of drug-likeness (QED) is 0.158. The predicted molar refractivity (Wildman–Crippen MR) is 134 cm³/mol. The molecule has 0 bridgehead atoms. The highest BCUT2D eigenvalue weighted by molar-refractivity contribution is 7.99. The van der Waals surface area contributed by atoms with Gasteiger partial charge in [0.25, 0.3) is 5.91 Å². The summed E-state index contributed by atoms with van der Waals surface area (Å²) in [6.45, 7) is 6.50. The number of imide groups is 1. The van der Waals surface area contributed by atoms with Gasteiger partial charge in [-0.25, -0.2) is 4.79 Å². The highest BCUT2D eigenvalue weighted by Crippen LogP contribution is 2.53. The molecule has 0 aromatic heterocycles. The molecule has 186 valence electrons. The van der Waals surface area contributed by atoms with Crippen LogP contribution in [-0.2, 0) is 23.8 Å². The van der Waals surface area contributed by atoms with Gasteiger partial charge in [0.2, 0.25) is 5.91 Å². The number of carbonyl (C=O) groups is 3. The third-order valence-corrected chi connectivity index (χ3v) is 7.65.